The van der Waals surface area contributed by atoms with Crippen LogP contribution in [0.5, 0.6) is 0 Å². The van der Waals surface area contributed by atoms with Crippen LogP contribution in [0.1, 0.15) is 64.7 Å². The first-order valence-corrected chi connectivity index (χ1v) is 11.1. The molecule has 2 fully saturated rings. The third-order valence-electron chi connectivity index (χ3n) is 5.39. The van der Waals surface area contributed by atoms with Crippen LogP contribution in [0.3, 0.4) is 0 Å². The number of thioether (sulfide) groups is 1. The van der Waals surface area contributed by atoms with Gasteiger partial charge in [-0.2, -0.15) is 11.8 Å². The van der Waals surface area contributed by atoms with E-state index in [1.54, 1.807) is 0 Å². The van der Waals surface area contributed by atoms with Crippen molar-refractivity contribution >= 4 is 17.7 Å². The van der Waals surface area contributed by atoms with Crippen molar-refractivity contribution in [2.24, 2.45) is 11.8 Å². The largest absolute Gasteiger partial charge is 0.481 e. The van der Waals surface area contributed by atoms with E-state index in [1.807, 2.05) is 17.8 Å². The summed E-state index contributed by atoms with van der Waals surface area (Å²) in [6.45, 7) is 2.18. The van der Waals surface area contributed by atoms with Crippen molar-refractivity contribution in [3.05, 3.63) is 12.2 Å². The standard InChI is InChI=1S/C20H34O4S/c1-2-3-4-7-15(21)9-10-16-17(19-12-11-18(16)24-19)14-25-13-6-5-8-20(22)23/h9-10,15-19,21H,2-8,11-14H2,1H3,(H,22,23)/b10-9+/t15?,16-,17+,18-,19+/m1/s1. The molecule has 0 spiro atoms. The van der Waals surface area contributed by atoms with E-state index in [2.05, 4.69) is 13.0 Å². The van der Waals surface area contributed by atoms with E-state index in [0.29, 0.717) is 24.0 Å². The van der Waals surface area contributed by atoms with Gasteiger partial charge in [-0.25, -0.2) is 0 Å². The predicted octanol–water partition coefficient (Wildman–Crippen LogP) is 4.27. The summed E-state index contributed by atoms with van der Waals surface area (Å²) in [5, 5.41) is 18.8. The van der Waals surface area contributed by atoms with Gasteiger partial charge < -0.3 is 14.9 Å². The Hall–Kier alpha value is -0.520. The van der Waals surface area contributed by atoms with Gasteiger partial charge in [0.15, 0.2) is 0 Å². The molecule has 144 valence electrons. The third kappa shape index (κ3) is 6.95. The van der Waals surface area contributed by atoms with Crippen LogP contribution >= 0.6 is 11.8 Å². The Morgan fingerprint density at radius 3 is 2.80 bits per heavy atom. The van der Waals surface area contributed by atoms with Crippen molar-refractivity contribution in [2.45, 2.75) is 83.0 Å². The van der Waals surface area contributed by atoms with Crippen LogP contribution in [0.25, 0.3) is 0 Å². The highest BCUT2D eigenvalue weighted by atomic mass is 32.2. The van der Waals surface area contributed by atoms with Crippen molar-refractivity contribution in [3.8, 4) is 0 Å². The second-order valence-electron chi connectivity index (χ2n) is 7.41. The molecular formula is C20H34O4S. The van der Waals surface area contributed by atoms with Gasteiger partial charge in [0.2, 0.25) is 0 Å². The lowest BCUT2D eigenvalue weighted by molar-refractivity contribution is -0.137. The Labute approximate surface area is 156 Å². The summed E-state index contributed by atoms with van der Waals surface area (Å²) in [5.74, 6) is 2.38. The van der Waals surface area contributed by atoms with Crippen molar-refractivity contribution in [2.75, 3.05) is 11.5 Å². The lowest BCUT2D eigenvalue weighted by Gasteiger charge is -2.25. The minimum absolute atomic E-state index is 0.277. The third-order valence-corrected chi connectivity index (χ3v) is 6.58. The Morgan fingerprint density at radius 1 is 1.24 bits per heavy atom. The maximum Gasteiger partial charge on any atom is 0.303 e. The summed E-state index contributed by atoms with van der Waals surface area (Å²) < 4.78 is 6.11. The number of hydrogen-bond acceptors (Lipinski definition) is 4. The zero-order chi connectivity index (χ0) is 18.1. The number of hydrogen-bond donors (Lipinski definition) is 2. The topological polar surface area (TPSA) is 66.8 Å². The molecule has 5 atom stereocenters. The fourth-order valence-electron chi connectivity index (χ4n) is 3.95. The van der Waals surface area contributed by atoms with Crippen molar-refractivity contribution < 1.29 is 19.7 Å². The second-order valence-corrected chi connectivity index (χ2v) is 8.56. The number of aliphatic hydroxyl groups is 1. The number of rotatable bonds is 13. The number of fused-ring (bicyclic) bond motifs is 2. The fraction of sp³-hybridized carbons (Fsp3) is 0.850. The summed E-state index contributed by atoms with van der Waals surface area (Å²) in [7, 11) is 0. The van der Waals surface area contributed by atoms with Gasteiger partial charge in [0.05, 0.1) is 18.3 Å². The molecule has 2 bridgehead atoms. The monoisotopic (exact) mass is 370 g/mol. The van der Waals surface area contributed by atoms with E-state index in [1.165, 1.54) is 12.8 Å². The molecule has 0 radical (unpaired) electrons. The van der Waals surface area contributed by atoms with Gasteiger partial charge in [0.1, 0.15) is 0 Å². The van der Waals surface area contributed by atoms with E-state index in [-0.39, 0.29) is 12.5 Å². The van der Waals surface area contributed by atoms with E-state index in [4.69, 9.17) is 9.84 Å². The smallest absolute Gasteiger partial charge is 0.303 e. The molecule has 0 aliphatic carbocycles. The number of aliphatic carboxylic acids is 1. The molecule has 0 aromatic carbocycles. The van der Waals surface area contributed by atoms with Crippen molar-refractivity contribution in [1.29, 1.82) is 0 Å². The van der Waals surface area contributed by atoms with Gasteiger partial charge >= 0.3 is 5.97 Å². The minimum atomic E-state index is -0.700. The van der Waals surface area contributed by atoms with E-state index >= 15 is 0 Å². The quantitative estimate of drug-likeness (QED) is 0.374. The summed E-state index contributed by atoms with van der Waals surface area (Å²) in [4.78, 5) is 10.5. The van der Waals surface area contributed by atoms with E-state index < -0.39 is 5.97 Å². The first-order valence-electron chi connectivity index (χ1n) is 9.93. The lowest BCUT2D eigenvalue weighted by atomic mass is 9.80. The van der Waals surface area contributed by atoms with Gasteiger partial charge in [-0.05, 0) is 43.6 Å². The molecule has 2 rings (SSSR count). The summed E-state index contributed by atoms with van der Waals surface area (Å²) >= 11 is 1.93. The molecular weight excluding hydrogens is 336 g/mol. The average Bonchev–Trinajstić information content (AvgIpc) is 3.17. The molecule has 25 heavy (non-hydrogen) atoms. The molecule has 2 aliphatic rings. The first-order chi connectivity index (χ1) is 12.1. The maximum atomic E-state index is 10.5. The number of carboxylic acid groups (broad SMARTS) is 1. The zero-order valence-electron chi connectivity index (χ0n) is 15.4. The average molecular weight is 371 g/mol. The molecule has 2 saturated heterocycles. The van der Waals surface area contributed by atoms with Gasteiger partial charge in [0.25, 0.3) is 0 Å². The fourth-order valence-corrected chi connectivity index (χ4v) is 5.24. The highest BCUT2D eigenvalue weighted by Gasteiger charge is 2.47. The molecule has 0 amide bonds. The molecule has 0 aromatic rings. The Morgan fingerprint density at radius 2 is 2.04 bits per heavy atom. The molecule has 4 nitrogen and oxygen atoms in total. The van der Waals surface area contributed by atoms with Crippen LogP contribution in [-0.4, -0.2) is 46.0 Å². The SMILES string of the molecule is CCCCCC(O)/C=C/[C@@H]1[C@H](CSCCCCC(=O)O)[C@@H]2CC[C@H]1O2. The van der Waals surface area contributed by atoms with Gasteiger partial charge in [0, 0.05) is 18.3 Å². The Bertz CT molecular complexity index is 426. The molecule has 2 N–H and O–H groups in total. The first kappa shape index (κ1) is 20.8. The predicted molar refractivity (Wildman–Crippen MR) is 103 cm³/mol. The molecule has 1 unspecified atom stereocenters. The molecule has 2 heterocycles. The Balaban J connectivity index is 1.71. The van der Waals surface area contributed by atoms with Crippen LogP contribution in [0.4, 0.5) is 0 Å². The number of ether oxygens (including phenoxy) is 1. The number of carboxylic acids is 1. The van der Waals surface area contributed by atoms with Gasteiger partial charge in [-0.1, -0.05) is 38.3 Å². The van der Waals surface area contributed by atoms with Crippen LogP contribution in [0.15, 0.2) is 12.2 Å². The summed E-state index contributed by atoms with van der Waals surface area (Å²) in [5.41, 5.74) is 0. The summed E-state index contributed by atoms with van der Waals surface area (Å²) in [6.07, 6.45) is 13.2. The van der Waals surface area contributed by atoms with Crippen LogP contribution in [-0.2, 0) is 9.53 Å². The number of unbranched alkanes of at least 4 members (excludes halogenated alkanes) is 3. The van der Waals surface area contributed by atoms with Gasteiger partial charge in [-0.15, -0.1) is 0 Å². The van der Waals surface area contributed by atoms with Crippen LogP contribution in [0.2, 0.25) is 0 Å². The number of aliphatic hydroxyl groups excluding tert-OH is 1. The normalized spacial score (nSPS) is 29.5. The highest BCUT2D eigenvalue weighted by Crippen LogP contribution is 2.45. The Kier molecular flexibility index (Phi) is 9.35. The molecule has 0 saturated carbocycles. The van der Waals surface area contributed by atoms with Gasteiger partial charge in [-0.3, -0.25) is 4.79 Å². The van der Waals surface area contributed by atoms with Crippen molar-refractivity contribution in [1.82, 2.24) is 0 Å². The highest BCUT2D eigenvalue weighted by molar-refractivity contribution is 7.99. The second kappa shape index (κ2) is 11.2. The zero-order valence-corrected chi connectivity index (χ0v) is 16.3. The molecule has 5 heteroatoms. The molecule has 0 aromatic heterocycles. The maximum absolute atomic E-state index is 10.5. The minimum Gasteiger partial charge on any atom is -0.481 e. The van der Waals surface area contributed by atoms with Crippen molar-refractivity contribution in [3.63, 3.8) is 0 Å². The van der Waals surface area contributed by atoms with Crippen LogP contribution < -0.4 is 0 Å². The van der Waals surface area contributed by atoms with E-state index in [9.17, 15) is 9.90 Å². The number of carbonyl (C=O) groups is 1. The van der Waals surface area contributed by atoms with E-state index in [0.717, 1.165) is 50.0 Å². The molecule has 2 aliphatic heterocycles. The van der Waals surface area contributed by atoms with Crippen LogP contribution in [0, 0.1) is 11.8 Å². The summed E-state index contributed by atoms with van der Waals surface area (Å²) in [6, 6.07) is 0. The lowest BCUT2D eigenvalue weighted by Crippen LogP contribution is -2.28.